The van der Waals surface area contributed by atoms with Crippen LogP contribution in [0.1, 0.15) is 24.8 Å². The van der Waals surface area contributed by atoms with Crippen molar-refractivity contribution in [3.8, 4) is 5.75 Å². The minimum atomic E-state index is 0.662. The average Bonchev–Trinajstić information content (AvgIpc) is 2.68. The van der Waals surface area contributed by atoms with Crippen molar-refractivity contribution in [2.45, 2.75) is 31.8 Å². The summed E-state index contributed by atoms with van der Waals surface area (Å²) >= 11 is 0. The van der Waals surface area contributed by atoms with Crippen molar-refractivity contribution in [1.82, 2.24) is 10.2 Å². The Morgan fingerprint density at radius 3 is 2.78 bits per heavy atom. The van der Waals surface area contributed by atoms with Gasteiger partial charge in [-0.3, -0.25) is 4.90 Å². The summed E-state index contributed by atoms with van der Waals surface area (Å²) in [5.41, 5.74) is 1.35. The van der Waals surface area contributed by atoms with Crippen LogP contribution in [0.2, 0.25) is 0 Å². The molecule has 100 valence electrons. The van der Waals surface area contributed by atoms with Crippen LogP contribution in [0.3, 0.4) is 0 Å². The molecule has 1 fully saturated rings. The molecule has 0 saturated carbocycles. The number of rotatable bonds is 4. The highest BCUT2D eigenvalue weighted by Gasteiger charge is 2.16. The molecule has 0 radical (unpaired) electrons. The molecule has 1 aliphatic rings. The third-order valence-electron chi connectivity index (χ3n) is 3.74. The highest BCUT2D eigenvalue weighted by molar-refractivity contribution is 5.27. The van der Waals surface area contributed by atoms with Crippen LogP contribution in [0.4, 0.5) is 0 Å². The molecule has 3 heteroatoms. The highest BCUT2D eigenvalue weighted by atomic mass is 16.5. The number of hydrogen-bond donors (Lipinski definition) is 1. The Balaban J connectivity index is 1.90. The Morgan fingerprint density at radius 1 is 1.28 bits per heavy atom. The standard InChI is InChI=1S/C15H24N2O/c1-17(14-5-3-4-10-16-11-14)12-13-6-8-15(18-2)9-7-13/h6-9,14,16H,3-5,10-12H2,1-2H3. The van der Waals surface area contributed by atoms with Gasteiger partial charge in [-0.1, -0.05) is 18.6 Å². The molecule has 1 unspecified atom stereocenters. The van der Waals surface area contributed by atoms with Gasteiger partial charge in [-0.15, -0.1) is 0 Å². The van der Waals surface area contributed by atoms with Gasteiger partial charge in [0.25, 0.3) is 0 Å². The number of ether oxygens (including phenoxy) is 1. The average molecular weight is 248 g/mol. The Labute approximate surface area is 110 Å². The van der Waals surface area contributed by atoms with Crippen molar-refractivity contribution in [3.05, 3.63) is 29.8 Å². The van der Waals surface area contributed by atoms with E-state index in [1.54, 1.807) is 7.11 Å². The SMILES string of the molecule is COc1ccc(CN(C)C2CCCCNC2)cc1. The van der Waals surface area contributed by atoms with Gasteiger partial charge in [0.1, 0.15) is 5.75 Å². The first-order valence-corrected chi connectivity index (χ1v) is 6.83. The Hall–Kier alpha value is -1.06. The van der Waals surface area contributed by atoms with Crippen molar-refractivity contribution < 1.29 is 4.74 Å². The number of methoxy groups -OCH3 is 1. The van der Waals surface area contributed by atoms with E-state index in [1.165, 1.54) is 31.4 Å². The third kappa shape index (κ3) is 3.72. The van der Waals surface area contributed by atoms with Crippen molar-refractivity contribution in [1.29, 1.82) is 0 Å². The van der Waals surface area contributed by atoms with Crippen molar-refractivity contribution in [3.63, 3.8) is 0 Å². The van der Waals surface area contributed by atoms with Crippen LogP contribution in [0.25, 0.3) is 0 Å². The van der Waals surface area contributed by atoms with E-state index in [1.807, 2.05) is 12.1 Å². The quantitative estimate of drug-likeness (QED) is 0.884. The fourth-order valence-corrected chi connectivity index (χ4v) is 2.52. The van der Waals surface area contributed by atoms with E-state index >= 15 is 0 Å². The predicted molar refractivity (Wildman–Crippen MR) is 75.0 cm³/mol. The normalized spacial score (nSPS) is 20.7. The summed E-state index contributed by atoms with van der Waals surface area (Å²) in [7, 11) is 3.93. The second-order valence-corrected chi connectivity index (χ2v) is 5.12. The number of nitrogens with one attached hydrogen (secondary N) is 1. The van der Waals surface area contributed by atoms with E-state index in [0.29, 0.717) is 6.04 Å². The topological polar surface area (TPSA) is 24.5 Å². The van der Waals surface area contributed by atoms with Crippen LogP contribution < -0.4 is 10.1 Å². The second kappa shape index (κ2) is 6.76. The molecule has 1 aromatic rings. The molecule has 3 nitrogen and oxygen atoms in total. The molecular formula is C15H24N2O. The van der Waals surface area contributed by atoms with Crippen LogP contribution in [-0.4, -0.2) is 38.2 Å². The van der Waals surface area contributed by atoms with Gasteiger partial charge in [0.05, 0.1) is 7.11 Å². The molecule has 0 aromatic heterocycles. The summed E-state index contributed by atoms with van der Waals surface area (Å²) in [4.78, 5) is 2.46. The van der Waals surface area contributed by atoms with E-state index < -0.39 is 0 Å². The molecule has 1 saturated heterocycles. The lowest BCUT2D eigenvalue weighted by Gasteiger charge is -2.27. The van der Waals surface area contributed by atoms with E-state index in [4.69, 9.17) is 4.74 Å². The number of hydrogen-bond acceptors (Lipinski definition) is 3. The van der Waals surface area contributed by atoms with Gasteiger partial charge >= 0.3 is 0 Å². The summed E-state index contributed by atoms with van der Waals surface area (Å²) in [5.74, 6) is 0.928. The molecule has 0 amide bonds. The van der Waals surface area contributed by atoms with Gasteiger partial charge in [0.2, 0.25) is 0 Å². The van der Waals surface area contributed by atoms with Crippen LogP contribution in [0, 0.1) is 0 Å². The summed E-state index contributed by atoms with van der Waals surface area (Å²) < 4.78 is 5.18. The van der Waals surface area contributed by atoms with E-state index in [0.717, 1.165) is 18.8 Å². The minimum Gasteiger partial charge on any atom is -0.497 e. The predicted octanol–water partition coefficient (Wildman–Crippen LogP) is 2.27. The molecule has 0 aliphatic carbocycles. The molecule has 1 heterocycles. The van der Waals surface area contributed by atoms with Gasteiger partial charge in [0, 0.05) is 19.1 Å². The summed E-state index contributed by atoms with van der Waals surface area (Å²) in [6.45, 7) is 3.30. The smallest absolute Gasteiger partial charge is 0.118 e. The number of nitrogens with zero attached hydrogens (tertiary/aromatic N) is 1. The first-order chi connectivity index (χ1) is 8.79. The minimum absolute atomic E-state index is 0.662. The number of likely N-dealkylation sites (N-methyl/N-ethyl adjacent to an activating group) is 1. The Morgan fingerprint density at radius 2 is 2.06 bits per heavy atom. The molecule has 1 N–H and O–H groups in total. The van der Waals surface area contributed by atoms with E-state index in [-0.39, 0.29) is 0 Å². The van der Waals surface area contributed by atoms with Crippen LogP contribution in [-0.2, 0) is 6.54 Å². The molecule has 1 aliphatic heterocycles. The van der Waals surface area contributed by atoms with Crippen molar-refractivity contribution >= 4 is 0 Å². The van der Waals surface area contributed by atoms with Gasteiger partial charge in [0.15, 0.2) is 0 Å². The van der Waals surface area contributed by atoms with Crippen LogP contribution >= 0.6 is 0 Å². The fourth-order valence-electron chi connectivity index (χ4n) is 2.52. The Kier molecular flexibility index (Phi) is 5.02. The first kappa shape index (κ1) is 13.4. The molecular weight excluding hydrogens is 224 g/mol. The van der Waals surface area contributed by atoms with Crippen molar-refractivity contribution in [2.75, 3.05) is 27.2 Å². The van der Waals surface area contributed by atoms with E-state index in [9.17, 15) is 0 Å². The second-order valence-electron chi connectivity index (χ2n) is 5.12. The number of benzene rings is 1. The molecule has 0 spiro atoms. The van der Waals surface area contributed by atoms with Crippen molar-refractivity contribution in [2.24, 2.45) is 0 Å². The van der Waals surface area contributed by atoms with Gasteiger partial charge in [-0.2, -0.15) is 0 Å². The fraction of sp³-hybridized carbons (Fsp3) is 0.600. The molecule has 18 heavy (non-hydrogen) atoms. The van der Waals surface area contributed by atoms with Gasteiger partial charge < -0.3 is 10.1 Å². The third-order valence-corrected chi connectivity index (χ3v) is 3.74. The molecule has 0 bridgehead atoms. The monoisotopic (exact) mass is 248 g/mol. The zero-order chi connectivity index (χ0) is 12.8. The summed E-state index contributed by atoms with van der Waals surface area (Å²) in [5, 5.41) is 3.52. The lowest BCUT2D eigenvalue weighted by molar-refractivity contribution is 0.222. The summed E-state index contributed by atoms with van der Waals surface area (Å²) in [6.07, 6.45) is 3.96. The van der Waals surface area contributed by atoms with E-state index in [2.05, 4.69) is 29.4 Å². The van der Waals surface area contributed by atoms with Crippen LogP contribution in [0.15, 0.2) is 24.3 Å². The highest BCUT2D eigenvalue weighted by Crippen LogP contribution is 2.16. The maximum absolute atomic E-state index is 5.18. The van der Waals surface area contributed by atoms with Gasteiger partial charge in [-0.05, 0) is 44.1 Å². The molecule has 2 rings (SSSR count). The largest absolute Gasteiger partial charge is 0.497 e. The lowest BCUT2D eigenvalue weighted by Crippen LogP contribution is -2.38. The van der Waals surface area contributed by atoms with Gasteiger partial charge in [-0.25, -0.2) is 0 Å². The summed E-state index contributed by atoms with van der Waals surface area (Å²) in [6, 6.07) is 9.04. The zero-order valence-corrected chi connectivity index (χ0v) is 11.5. The first-order valence-electron chi connectivity index (χ1n) is 6.83. The zero-order valence-electron chi connectivity index (χ0n) is 11.5. The molecule has 1 aromatic carbocycles. The van der Waals surface area contributed by atoms with Crippen LogP contribution in [0.5, 0.6) is 5.75 Å². The maximum atomic E-state index is 5.18. The lowest BCUT2D eigenvalue weighted by atomic mass is 10.1. The molecule has 1 atom stereocenters. The maximum Gasteiger partial charge on any atom is 0.118 e. The Bertz CT molecular complexity index is 342.